The van der Waals surface area contributed by atoms with Crippen molar-refractivity contribution < 1.29 is 4.74 Å². The number of hydrogen-bond acceptors (Lipinski definition) is 3. The van der Waals surface area contributed by atoms with Crippen LogP contribution in [0, 0.1) is 0 Å². The molecule has 3 aromatic rings. The lowest BCUT2D eigenvalue weighted by molar-refractivity contribution is 0.221. The summed E-state index contributed by atoms with van der Waals surface area (Å²) in [5.74, 6) is 0.800. The van der Waals surface area contributed by atoms with Gasteiger partial charge in [0.2, 0.25) is 0 Å². The van der Waals surface area contributed by atoms with Gasteiger partial charge in [0.25, 0.3) is 0 Å². The molecule has 0 amide bonds. The second-order valence-corrected chi connectivity index (χ2v) is 6.97. The first kappa shape index (κ1) is 19.5. The van der Waals surface area contributed by atoms with Gasteiger partial charge in [-0.05, 0) is 54.5 Å². The van der Waals surface area contributed by atoms with E-state index in [9.17, 15) is 0 Å². The number of aryl methyl sites for hydroxylation is 1. The zero-order chi connectivity index (χ0) is 19.2. The highest BCUT2D eigenvalue weighted by Crippen LogP contribution is 2.25. The number of thiocarbonyl (C=S) groups is 1. The summed E-state index contributed by atoms with van der Waals surface area (Å²) in [5.41, 5.74) is 2.77. The van der Waals surface area contributed by atoms with E-state index < -0.39 is 0 Å². The first-order chi connectivity index (χ1) is 13.0. The number of halogens is 2. The maximum Gasteiger partial charge on any atom is 0.180 e. The molecule has 8 heteroatoms. The Bertz CT molecular complexity index is 928. The van der Waals surface area contributed by atoms with Crippen LogP contribution in [-0.2, 0) is 13.2 Å². The van der Waals surface area contributed by atoms with E-state index in [1.165, 1.54) is 5.56 Å². The van der Waals surface area contributed by atoms with Gasteiger partial charge in [0, 0.05) is 5.69 Å². The number of nitrogens with zero attached hydrogens (tertiary/aromatic N) is 2. The number of ether oxygens (including phenoxy) is 1. The molecule has 0 spiro atoms. The predicted molar refractivity (Wildman–Crippen MR) is 115 cm³/mol. The molecule has 0 saturated heterocycles. The molecule has 2 aromatic carbocycles. The van der Waals surface area contributed by atoms with E-state index in [2.05, 4.69) is 34.8 Å². The van der Waals surface area contributed by atoms with Gasteiger partial charge in [-0.1, -0.05) is 42.3 Å². The Morgan fingerprint density at radius 2 is 1.81 bits per heavy atom. The normalized spacial score (nSPS) is 10.5. The smallest absolute Gasteiger partial charge is 0.180 e. The van der Waals surface area contributed by atoms with E-state index in [4.69, 9.17) is 40.2 Å². The monoisotopic (exact) mass is 420 g/mol. The number of rotatable bonds is 6. The molecular formula is C19H18Cl2N4OS. The molecular weight excluding hydrogens is 403 g/mol. The zero-order valence-electron chi connectivity index (χ0n) is 14.6. The number of aromatic nitrogens is 2. The summed E-state index contributed by atoms with van der Waals surface area (Å²) in [6.45, 7) is 2.43. The van der Waals surface area contributed by atoms with Crippen LogP contribution in [0.2, 0.25) is 10.0 Å². The van der Waals surface area contributed by atoms with E-state index in [0.29, 0.717) is 21.9 Å². The minimum Gasteiger partial charge on any atom is -0.471 e. The fourth-order valence-electron chi connectivity index (χ4n) is 2.33. The van der Waals surface area contributed by atoms with E-state index >= 15 is 0 Å². The van der Waals surface area contributed by atoms with Gasteiger partial charge in [-0.25, -0.2) is 4.68 Å². The molecule has 0 saturated carbocycles. The molecule has 0 radical (unpaired) electrons. The molecule has 0 fully saturated rings. The lowest BCUT2D eigenvalue weighted by Crippen LogP contribution is -2.18. The second-order valence-electron chi connectivity index (χ2n) is 5.75. The van der Waals surface area contributed by atoms with Gasteiger partial charge in [0.05, 0.1) is 28.1 Å². The summed E-state index contributed by atoms with van der Waals surface area (Å²) < 4.78 is 7.41. The minimum atomic E-state index is 0.306. The van der Waals surface area contributed by atoms with Crippen LogP contribution < -0.4 is 15.4 Å². The Labute approximate surface area is 173 Å². The van der Waals surface area contributed by atoms with Crippen LogP contribution in [0.3, 0.4) is 0 Å². The lowest BCUT2D eigenvalue weighted by Gasteiger charge is -2.09. The molecule has 0 bridgehead atoms. The summed E-state index contributed by atoms with van der Waals surface area (Å²) in [6.07, 6.45) is 4.49. The third-order valence-corrected chi connectivity index (χ3v) is 4.71. The van der Waals surface area contributed by atoms with Gasteiger partial charge in [-0.15, -0.1) is 0 Å². The van der Waals surface area contributed by atoms with E-state index in [1.807, 2.05) is 18.3 Å². The Morgan fingerprint density at radius 3 is 2.52 bits per heavy atom. The molecule has 0 aliphatic rings. The number of benzene rings is 2. The van der Waals surface area contributed by atoms with Gasteiger partial charge in [-0.3, -0.25) is 0 Å². The maximum atomic E-state index is 6.00. The van der Waals surface area contributed by atoms with E-state index in [1.54, 1.807) is 29.1 Å². The first-order valence-corrected chi connectivity index (χ1v) is 9.47. The Morgan fingerprint density at radius 1 is 1.07 bits per heavy atom. The Hall–Kier alpha value is -2.28. The quantitative estimate of drug-likeness (QED) is 0.508. The average Bonchev–Trinajstić information content (AvgIpc) is 3.10. The van der Waals surface area contributed by atoms with Crippen molar-refractivity contribution in [2.75, 3.05) is 10.6 Å². The summed E-state index contributed by atoms with van der Waals surface area (Å²) in [4.78, 5) is 0. The predicted octanol–water partition coefficient (Wildman–Crippen LogP) is 5.60. The van der Waals surface area contributed by atoms with E-state index in [-0.39, 0.29) is 0 Å². The van der Waals surface area contributed by atoms with Crippen LogP contribution in [0.1, 0.15) is 12.5 Å². The fourth-order valence-corrected chi connectivity index (χ4v) is 2.86. The van der Waals surface area contributed by atoms with Crippen LogP contribution in [0.15, 0.2) is 54.9 Å². The van der Waals surface area contributed by atoms with Gasteiger partial charge in [0.1, 0.15) is 5.75 Å². The topological polar surface area (TPSA) is 51.1 Å². The van der Waals surface area contributed by atoms with Crippen molar-refractivity contribution >= 4 is 51.9 Å². The molecule has 2 N–H and O–H groups in total. The van der Waals surface area contributed by atoms with Crippen molar-refractivity contribution in [3.05, 3.63) is 70.5 Å². The molecule has 3 rings (SSSR count). The van der Waals surface area contributed by atoms with Crippen molar-refractivity contribution in [1.82, 2.24) is 9.78 Å². The van der Waals surface area contributed by atoms with Crippen molar-refractivity contribution in [3.63, 3.8) is 0 Å². The molecule has 1 aromatic heterocycles. The van der Waals surface area contributed by atoms with E-state index in [0.717, 1.165) is 23.5 Å². The molecule has 5 nitrogen and oxygen atoms in total. The largest absolute Gasteiger partial charge is 0.471 e. The molecule has 0 unspecified atom stereocenters. The highest BCUT2D eigenvalue weighted by Gasteiger charge is 2.04. The van der Waals surface area contributed by atoms with Crippen molar-refractivity contribution in [2.24, 2.45) is 0 Å². The Balaban J connectivity index is 1.52. The van der Waals surface area contributed by atoms with Crippen LogP contribution >= 0.6 is 35.4 Å². The molecule has 27 heavy (non-hydrogen) atoms. The maximum absolute atomic E-state index is 6.00. The van der Waals surface area contributed by atoms with Crippen LogP contribution in [0.5, 0.6) is 5.75 Å². The molecule has 0 atom stereocenters. The molecule has 1 heterocycles. The first-order valence-electron chi connectivity index (χ1n) is 8.30. The third kappa shape index (κ3) is 5.60. The highest BCUT2D eigenvalue weighted by atomic mass is 35.5. The van der Waals surface area contributed by atoms with Gasteiger partial charge in [0.15, 0.2) is 11.8 Å². The van der Waals surface area contributed by atoms with Crippen molar-refractivity contribution in [1.29, 1.82) is 0 Å². The molecule has 140 valence electrons. The average molecular weight is 421 g/mol. The zero-order valence-corrected chi connectivity index (χ0v) is 16.9. The minimum absolute atomic E-state index is 0.306. The lowest BCUT2D eigenvalue weighted by atomic mass is 10.2. The van der Waals surface area contributed by atoms with Crippen LogP contribution in [-0.4, -0.2) is 14.9 Å². The fraction of sp³-hybridized carbons (Fsp3) is 0.158. The van der Waals surface area contributed by atoms with Crippen molar-refractivity contribution in [3.8, 4) is 5.75 Å². The van der Waals surface area contributed by atoms with Crippen molar-refractivity contribution in [2.45, 2.75) is 20.1 Å². The summed E-state index contributed by atoms with van der Waals surface area (Å²) >= 11 is 17.2. The number of hydrogen-bond donors (Lipinski definition) is 2. The third-order valence-electron chi connectivity index (χ3n) is 3.76. The van der Waals surface area contributed by atoms with Crippen LogP contribution in [0.4, 0.5) is 11.4 Å². The van der Waals surface area contributed by atoms with Gasteiger partial charge >= 0.3 is 0 Å². The molecule has 0 aliphatic carbocycles. The standard InChI is InChI=1S/C19H18Cl2N4OS/c1-2-13-3-6-16(7-4-13)26-12-25-11-15(10-22-25)24-19(27)23-14-5-8-17(20)18(21)9-14/h3-11H,2,12H2,1H3,(H2,23,24,27). The number of nitrogens with one attached hydrogen (secondary N) is 2. The van der Waals surface area contributed by atoms with Gasteiger partial charge in [-0.2, -0.15) is 5.10 Å². The number of anilines is 2. The molecule has 0 aliphatic heterocycles. The Kier molecular flexibility index (Phi) is 6.55. The highest BCUT2D eigenvalue weighted by molar-refractivity contribution is 7.80. The summed E-state index contributed by atoms with van der Waals surface area (Å²) in [5, 5.41) is 11.7. The summed E-state index contributed by atoms with van der Waals surface area (Å²) in [6, 6.07) is 13.2. The summed E-state index contributed by atoms with van der Waals surface area (Å²) in [7, 11) is 0. The SMILES string of the molecule is CCc1ccc(OCn2cc(NC(=S)Nc3ccc(Cl)c(Cl)c3)cn2)cc1. The van der Waals surface area contributed by atoms with Gasteiger partial charge < -0.3 is 15.4 Å². The second kappa shape index (κ2) is 9.08. The van der Waals surface area contributed by atoms with Crippen LogP contribution in [0.25, 0.3) is 0 Å².